The number of amidine groups is 2. The summed E-state index contributed by atoms with van der Waals surface area (Å²) in [5, 5.41) is 5.18. The number of hydrogen-bond donors (Lipinski definition) is 0. The molecule has 1 atom stereocenters. The van der Waals surface area contributed by atoms with Crippen molar-refractivity contribution in [3.63, 3.8) is 0 Å². The van der Waals surface area contributed by atoms with E-state index in [1.807, 2.05) is 0 Å². The van der Waals surface area contributed by atoms with Gasteiger partial charge in [-0.25, -0.2) is 5.01 Å². The number of hydrogen-bond acceptors (Lipinski definition) is 3. The molecule has 0 aliphatic carbocycles. The molecule has 3 rings (SSSR count). The van der Waals surface area contributed by atoms with Gasteiger partial charge in [-0.2, -0.15) is 18.3 Å². The molecule has 0 amide bonds. The van der Waals surface area contributed by atoms with Crippen LogP contribution in [0.15, 0.2) is 46.6 Å². The molecule has 7 heteroatoms. The zero-order valence-electron chi connectivity index (χ0n) is 16.5. The van der Waals surface area contributed by atoms with Gasteiger partial charge in [0.25, 0.3) is 0 Å². The highest BCUT2D eigenvalue weighted by atomic mass is 19.4. The molecule has 0 spiro atoms. The van der Waals surface area contributed by atoms with Crippen LogP contribution in [-0.2, 0) is 0 Å². The predicted octanol–water partition coefficient (Wildman–Crippen LogP) is 5.08. The molecule has 2 heterocycles. The lowest BCUT2D eigenvalue weighted by Crippen LogP contribution is -2.42. The van der Waals surface area contributed by atoms with Crippen molar-refractivity contribution in [1.82, 2.24) is 9.91 Å². The molecule has 28 heavy (non-hydrogen) atoms. The third-order valence-electron chi connectivity index (χ3n) is 5.52. The lowest BCUT2D eigenvalue weighted by Gasteiger charge is -2.33. The number of alkyl halides is 3. The van der Waals surface area contributed by atoms with Crippen molar-refractivity contribution in [3.05, 3.63) is 47.7 Å². The lowest BCUT2D eigenvalue weighted by atomic mass is 9.91. The summed E-state index contributed by atoms with van der Waals surface area (Å²) in [6.45, 7) is 6.88. The van der Waals surface area contributed by atoms with Crippen LogP contribution in [0.25, 0.3) is 0 Å². The highest BCUT2D eigenvalue weighted by Crippen LogP contribution is 2.32. The van der Waals surface area contributed by atoms with E-state index in [-0.39, 0.29) is 0 Å². The quantitative estimate of drug-likeness (QED) is 0.703. The van der Waals surface area contributed by atoms with Crippen LogP contribution in [0.5, 0.6) is 0 Å². The third-order valence-corrected chi connectivity index (χ3v) is 5.52. The monoisotopic (exact) mass is 392 g/mol. The molecule has 0 bridgehead atoms. The van der Waals surface area contributed by atoms with E-state index in [0.29, 0.717) is 30.4 Å². The minimum Gasteiger partial charge on any atom is -0.359 e. The van der Waals surface area contributed by atoms with Gasteiger partial charge in [0, 0.05) is 33.0 Å². The van der Waals surface area contributed by atoms with E-state index in [1.54, 1.807) is 0 Å². The highest BCUT2D eigenvalue weighted by molar-refractivity contribution is 5.94. The predicted molar refractivity (Wildman–Crippen MR) is 106 cm³/mol. The summed E-state index contributed by atoms with van der Waals surface area (Å²) < 4.78 is 39.5. The van der Waals surface area contributed by atoms with E-state index >= 15 is 0 Å². The number of allylic oxidation sites excluding steroid dienone is 1. The molecular formula is C21H27F3N4. The zero-order chi connectivity index (χ0) is 20.3. The SMILES string of the molecule is C=C(N1N=C(N2CCCC(c3ccc(C)cc3)CC2)CC/C1=N/C)C(F)(F)F. The van der Waals surface area contributed by atoms with Crippen LogP contribution in [0.2, 0.25) is 0 Å². The van der Waals surface area contributed by atoms with Gasteiger partial charge < -0.3 is 4.90 Å². The van der Waals surface area contributed by atoms with E-state index in [2.05, 4.69) is 52.8 Å². The minimum absolute atomic E-state index is 0.304. The van der Waals surface area contributed by atoms with Crippen LogP contribution in [-0.4, -0.2) is 47.9 Å². The van der Waals surface area contributed by atoms with Gasteiger partial charge in [0.15, 0.2) is 0 Å². The van der Waals surface area contributed by atoms with Crippen LogP contribution < -0.4 is 0 Å². The Bertz CT molecular complexity index is 765. The fourth-order valence-corrected chi connectivity index (χ4v) is 3.84. The largest absolute Gasteiger partial charge is 0.432 e. The molecule has 1 aromatic carbocycles. The fraction of sp³-hybridized carbons (Fsp3) is 0.524. The van der Waals surface area contributed by atoms with E-state index in [4.69, 9.17) is 0 Å². The molecule has 2 aliphatic rings. The van der Waals surface area contributed by atoms with Gasteiger partial charge >= 0.3 is 6.18 Å². The summed E-state index contributed by atoms with van der Waals surface area (Å²) in [7, 11) is 1.49. The van der Waals surface area contributed by atoms with Gasteiger partial charge in [0.2, 0.25) is 0 Å². The highest BCUT2D eigenvalue weighted by Gasteiger charge is 2.39. The molecule has 1 aromatic rings. The van der Waals surface area contributed by atoms with E-state index in [9.17, 15) is 13.2 Å². The smallest absolute Gasteiger partial charge is 0.359 e. The first kappa shape index (κ1) is 20.4. The molecule has 0 N–H and O–H groups in total. The topological polar surface area (TPSA) is 31.2 Å². The van der Waals surface area contributed by atoms with Gasteiger partial charge in [0.05, 0.1) is 0 Å². The van der Waals surface area contributed by atoms with Gasteiger partial charge in [-0.15, -0.1) is 0 Å². The molecule has 1 fully saturated rings. The maximum absolute atomic E-state index is 13.2. The standard InChI is InChI=1S/C21H27F3N4/c1-15-6-8-18(9-7-15)17-5-4-13-27(14-12-17)20-11-10-19(25-3)28(26-20)16(2)21(22,23)24/h6-9,17H,2,4-5,10-14H2,1,3H3/b25-19-. The maximum atomic E-state index is 13.2. The lowest BCUT2D eigenvalue weighted by molar-refractivity contribution is -0.105. The third kappa shape index (κ3) is 4.56. The number of nitrogens with zero attached hydrogens (tertiary/aromatic N) is 4. The van der Waals surface area contributed by atoms with Gasteiger partial charge in [0.1, 0.15) is 17.4 Å². The molecule has 0 radical (unpaired) electrons. The second kappa shape index (κ2) is 8.37. The first-order valence-electron chi connectivity index (χ1n) is 9.70. The molecule has 152 valence electrons. The zero-order valence-corrected chi connectivity index (χ0v) is 16.5. The maximum Gasteiger partial charge on any atom is 0.432 e. The Balaban J connectivity index is 1.74. The molecule has 1 unspecified atom stereocenters. The Morgan fingerprint density at radius 1 is 1.14 bits per heavy atom. The van der Waals surface area contributed by atoms with Crippen molar-refractivity contribution in [3.8, 4) is 0 Å². The Kier molecular flexibility index (Phi) is 6.10. The van der Waals surface area contributed by atoms with Gasteiger partial charge in [-0.1, -0.05) is 36.4 Å². The summed E-state index contributed by atoms with van der Waals surface area (Å²) in [6.07, 6.45) is -0.458. The molecule has 0 saturated carbocycles. The van der Waals surface area contributed by atoms with E-state index < -0.39 is 11.9 Å². The first-order valence-corrected chi connectivity index (χ1v) is 9.70. The number of benzene rings is 1. The second-order valence-electron chi connectivity index (χ2n) is 7.44. The van der Waals surface area contributed by atoms with Crippen molar-refractivity contribution < 1.29 is 13.2 Å². The fourth-order valence-electron chi connectivity index (χ4n) is 3.84. The van der Waals surface area contributed by atoms with Crippen molar-refractivity contribution in [1.29, 1.82) is 0 Å². The van der Waals surface area contributed by atoms with E-state index in [0.717, 1.165) is 37.4 Å². The Morgan fingerprint density at radius 2 is 1.86 bits per heavy atom. The average Bonchev–Trinajstić information content (AvgIpc) is 2.93. The van der Waals surface area contributed by atoms with Crippen LogP contribution in [0.1, 0.15) is 49.1 Å². The second-order valence-corrected chi connectivity index (χ2v) is 7.44. The van der Waals surface area contributed by atoms with E-state index in [1.165, 1.54) is 18.2 Å². The van der Waals surface area contributed by atoms with Crippen LogP contribution in [0.3, 0.4) is 0 Å². The van der Waals surface area contributed by atoms with Gasteiger partial charge in [-0.05, 0) is 37.7 Å². The molecule has 0 aromatic heterocycles. The number of halogens is 3. The summed E-state index contributed by atoms with van der Waals surface area (Å²) in [5.74, 6) is 1.48. The minimum atomic E-state index is -4.53. The Hall–Kier alpha value is -2.31. The van der Waals surface area contributed by atoms with Crippen molar-refractivity contribution >= 4 is 11.7 Å². The summed E-state index contributed by atoms with van der Waals surface area (Å²) in [4.78, 5) is 6.11. The molecule has 2 aliphatic heterocycles. The first-order chi connectivity index (χ1) is 13.3. The number of likely N-dealkylation sites (tertiary alicyclic amines) is 1. The number of aryl methyl sites for hydroxylation is 1. The van der Waals surface area contributed by atoms with Gasteiger partial charge in [-0.3, -0.25) is 4.99 Å². The van der Waals surface area contributed by atoms with Crippen LogP contribution in [0.4, 0.5) is 13.2 Å². The number of hydrazone groups is 1. The van der Waals surface area contributed by atoms with Crippen LogP contribution >= 0.6 is 0 Å². The van der Waals surface area contributed by atoms with Crippen molar-refractivity contribution in [2.75, 3.05) is 20.1 Å². The summed E-state index contributed by atoms with van der Waals surface area (Å²) >= 11 is 0. The normalized spacial score (nSPS) is 22.8. The number of aliphatic imine (C=N–C) groups is 1. The molecule has 1 saturated heterocycles. The van der Waals surface area contributed by atoms with Crippen molar-refractivity contribution in [2.24, 2.45) is 10.1 Å². The van der Waals surface area contributed by atoms with Crippen molar-refractivity contribution in [2.45, 2.75) is 51.1 Å². The number of rotatable bonds is 2. The summed E-state index contributed by atoms with van der Waals surface area (Å²) in [5.41, 5.74) is 1.59. The molecular weight excluding hydrogens is 365 g/mol. The average molecular weight is 392 g/mol. The Labute approximate surface area is 164 Å². The van der Waals surface area contributed by atoms with Crippen LogP contribution in [0, 0.1) is 6.92 Å². The Morgan fingerprint density at radius 3 is 2.50 bits per heavy atom. The molecule has 4 nitrogen and oxygen atoms in total. The summed E-state index contributed by atoms with van der Waals surface area (Å²) in [6, 6.07) is 8.64.